The number of anilines is 2. The second-order valence-corrected chi connectivity index (χ2v) is 5.12. The van der Waals surface area contributed by atoms with Crippen molar-refractivity contribution in [2.24, 2.45) is 5.73 Å². The summed E-state index contributed by atoms with van der Waals surface area (Å²) in [7, 11) is 0. The summed E-state index contributed by atoms with van der Waals surface area (Å²) >= 11 is 1.22. The largest absolute Gasteiger partial charge is 0.382 e. The molecule has 7 nitrogen and oxygen atoms in total. The first-order valence-electron chi connectivity index (χ1n) is 5.65. The van der Waals surface area contributed by atoms with Crippen molar-refractivity contribution >= 4 is 34.1 Å². The van der Waals surface area contributed by atoms with Crippen molar-refractivity contribution in [2.45, 2.75) is 25.3 Å². The molecule has 1 aromatic heterocycles. The minimum absolute atomic E-state index is 0.109. The fourth-order valence-corrected chi connectivity index (χ4v) is 2.22. The predicted octanol–water partition coefficient (Wildman–Crippen LogP) is -0.0952. The standard InChI is InChI=1S/C10H15N5O2S/c11-6(16)3-4-13-9(17)7-8(12)15-10(18-7)14-5-1-2-5/h5H,1-4,12H2,(H2,11,16)(H,13,17)(H,14,15). The molecule has 1 saturated carbocycles. The molecule has 2 amide bonds. The van der Waals surface area contributed by atoms with E-state index in [1.165, 1.54) is 11.3 Å². The summed E-state index contributed by atoms with van der Waals surface area (Å²) in [5.74, 6) is -0.571. The number of thiazole rings is 1. The highest BCUT2D eigenvalue weighted by Gasteiger charge is 2.24. The molecular weight excluding hydrogens is 254 g/mol. The maximum Gasteiger partial charge on any atom is 0.265 e. The van der Waals surface area contributed by atoms with Crippen LogP contribution in [0.4, 0.5) is 10.9 Å². The summed E-state index contributed by atoms with van der Waals surface area (Å²) in [6.45, 7) is 0.205. The fourth-order valence-electron chi connectivity index (χ4n) is 1.34. The van der Waals surface area contributed by atoms with Gasteiger partial charge in [0.05, 0.1) is 0 Å². The molecule has 1 aliphatic rings. The van der Waals surface area contributed by atoms with Crippen LogP contribution in [0.15, 0.2) is 0 Å². The lowest BCUT2D eigenvalue weighted by Crippen LogP contribution is -2.27. The van der Waals surface area contributed by atoms with Crippen molar-refractivity contribution in [1.29, 1.82) is 0 Å². The van der Waals surface area contributed by atoms with Crippen LogP contribution < -0.4 is 22.1 Å². The van der Waals surface area contributed by atoms with Gasteiger partial charge in [-0.05, 0) is 12.8 Å². The zero-order valence-corrected chi connectivity index (χ0v) is 10.5. The van der Waals surface area contributed by atoms with Gasteiger partial charge in [0.25, 0.3) is 5.91 Å². The molecule has 1 aliphatic carbocycles. The van der Waals surface area contributed by atoms with Crippen LogP contribution in [0.5, 0.6) is 0 Å². The lowest BCUT2D eigenvalue weighted by atomic mass is 10.4. The number of nitrogens with one attached hydrogen (secondary N) is 2. The van der Waals surface area contributed by atoms with Crippen molar-refractivity contribution in [3.63, 3.8) is 0 Å². The Kier molecular flexibility index (Phi) is 3.66. The van der Waals surface area contributed by atoms with E-state index in [1.807, 2.05) is 0 Å². The van der Waals surface area contributed by atoms with Crippen LogP contribution in [0, 0.1) is 0 Å². The van der Waals surface area contributed by atoms with Crippen LogP contribution in [-0.4, -0.2) is 29.4 Å². The summed E-state index contributed by atoms with van der Waals surface area (Å²) in [4.78, 5) is 26.8. The third-order valence-electron chi connectivity index (χ3n) is 2.42. The second kappa shape index (κ2) is 5.21. The quantitative estimate of drug-likeness (QED) is 0.574. The Morgan fingerprint density at radius 2 is 2.17 bits per heavy atom. The summed E-state index contributed by atoms with van der Waals surface area (Å²) < 4.78 is 0. The van der Waals surface area contributed by atoms with E-state index in [0.29, 0.717) is 16.1 Å². The molecule has 0 saturated heterocycles. The molecule has 0 aliphatic heterocycles. The van der Waals surface area contributed by atoms with Crippen LogP contribution in [-0.2, 0) is 4.79 Å². The Morgan fingerprint density at radius 1 is 1.44 bits per heavy atom. The van der Waals surface area contributed by atoms with Gasteiger partial charge < -0.3 is 22.1 Å². The third kappa shape index (κ3) is 3.33. The van der Waals surface area contributed by atoms with Crippen LogP contribution in [0.2, 0.25) is 0 Å². The number of rotatable bonds is 6. The van der Waals surface area contributed by atoms with Crippen molar-refractivity contribution < 1.29 is 9.59 Å². The first kappa shape index (κ1) is 12.6. The molecule has 0 atom stereocenters. The van der Waals surface area contributed by atoms with E-state index in [1.54, 1.807) is 0 Å². The van der Waals surface area contributed by atoms with Gasteiger partial charge in [0.1, 0.15) is 10.7 Å². The van der Waals surface area contributed by atoms with Crippen LogP contribution >= 0.6 is 11.3 Å². The van der Waals surface area contributed by atoms with Crippen LogP contribution in [0.3, 0.4) is 0 Å². The number of carbonyl (C=O) groups excluding carboxylic acids is 2. The third-order valence-corrected chi connectivity index (χ3v) is 3.42. The van der Waals surface area contributed by atoms with Gasteiger partial charge in [0, 0.05) is 19.0 Å². The second-order valence-electron chi connectivity index (χ2n) is 4.12. The molecule has 98 valence electrons. The number of aromatic nitrogens is 1. The first-order chi connectivity index (χ1) is 8.56. The van der Waals surface area contributed by atoms with Crippen molar-refractivity contribution in [2.75, 3.05) is 17.6 Å². The van der Waals surface area contributed by atoms with E-state index in [-0.39, 0.29) is 24.7 Å². The van der Waals surface area contributed by atoms with E-state index in [0.717, 1.165) is 12.8 Å². The van der Waals surface area contributed by atoms with Gasteiger partial charge in [-0.3, -0.25) is 9.59 Å². The zero-order chi connectivity index (χ0) is 13.1. The summed E-state index contributed by atoms with van der Waals surface area (Å²) in [6, 6.07) is 0.460. The molecule has 8 heteroatoms. The number of hydrogen-bond donors (Lipinski definition) is 4. The average Bonchev–Trinajstić information content (AvgIpc) is 3.01. The molecule has 18 heavy (non-hydrogen) atoms. The molecule has 1 heterocycles. The van der Waals surface area contributed by atoms with Gasteiger partial charge in [-0.15, -0.1) is 0 Å². The number of amides is 2. The molecule has 0 spiro atoms. The van der Waals surface area contributed by atoms with Gasteiger partial charge in [-0.2, -0.15) is 0 Å². The molecule has 0 radical (unpaired) electrons. The summed E-state index contributed by atoms with van der Waals surface area (Å²) in [5.41, 5.74) is 10.7. The highest BCUT2D eigenvalue weighted by Crippen LogP contribution is 2.30. The topological polar surface area (TPSA) is 123 Å². The molecule has 0 unspecified atom stereocenters. The van der Waals surface area contributed by atoms with E-state index in [9.17, 15) is 9.59 Å². The Labute approximate surface area is 108 Å². The van der Waals surface area contributed by atoms with Crippen LogP contribution in [0.25, 0.3) is 0 Å². The molecule has 1 aromatic rings. The average molecular weight is 269 g/mol. The van der Waals surface area contributed by atoms with Crippen LogP contribution in [0.1, 0.15) is 28.9 Å². The lowest BCUT2D eigenvalue weighted by molar-refractivity contribution is -0.117. The summed E-state index contributed by atoms with van der Waals surface area (Å²) in [6.07, 6.45) is 2.36. The number of carbonyl (C=O) groups is 2. The zero-order valence-electron chi connectivity index (χ0n) is 9.73. The highest BCUT2D eigenvalue weighted by atomic mass is 32.1. The highest BCUT2D eigenvalue weighted by molar-refractivity contribution is 7.18. The van der Waals surface area contributed by atoms with E-state index in [4.69, 9.17) is 11.5 Å². The van der Waals surface area contributed by atoms with Gasteiger partial charge in [-0.25, -0.2) is 4.98 Å². The monoisotopic (exact) mass is 269 g/mol. The number of nitrogens with two attached hydrogens (primary N) is 2. The van der Waals surface area contributed by atoms with Crippen molar-refractivity contribution in [3.05, 3.63) is 4.88 Å². The molecule has 0 aromatic carbocycles. The Morgan fingerprint density at radius 3 is 2.78 bits per heavy atom. The number of nitrogen functional groups attached to an aromatic ring is 1. The SMILES string of the molecule is NC(=O)CCNC(=O)c1sc(NC2CC2)nc1N. The van der Waals surface area contributed by atoms with Gasteiger partial charge in [0.2, 0.25) is 5.91 Å². The van der Waals surface area contributed by atoms with E-state index in [2.05, 4.69) is 15.6 Å². The molecular formula is C10H15N5O2S. The normalized spacial score (nSPS) is 14.2. The lowest BCUT2D eigenvalue weighted by Gasteiger charge is -2.01. The number of nitrogens with zero attached hydrogens (tertiary/aromatic N) is 1. The smallest absolute Gasteiger partial charge is 0.265 e. The fraction of sp³-hybridized carbons (Fsp3) is 0.500. The van der Waals surface area contributed by atoms with E-state index >= 15 is 0 Å². The first-order valence-corrected chi connectivity index (χ1v) is 6.47. The van der Waals surface area contributed by atoms with Gasteiger partial charge in [-0.1, -0.05) is 11.3 Å². The van der Waals surface area contributed by atoms with E-state index < -0.39 is 5.91 Å². The Balaban J connectivity index is 1.91. The molecule has 1 fully saturated rings. The minimum Gasteiger partial charge on any atom is -0.382 e. The van der Waals surface area contributed by atoms with Crippen molar-refractivity contribution in [1.82, 2.24) is 10.3 Å². The Bertz CT molecular complexity index is 469. The van der Waals surface area contributed by atoms with Crippen molar-refractivity contribution in [3.8, 4) is 0 Å². The van der Waals surface area contributed by atoms with Gasteiger partial charge >= 0.3 is 0 Å². The molecule has 2 rings (SSSR count). The number of hydrogen-bond acceptors (Lipinski definition) is 6. The molecule has 0 bridgehead atoms. The minimum atomic E-state index is -0.455. The van der Waals surface area contributed by atoms with Gasteiger partial charge in [0.15, 0.2) is 5.13 Å². The summed E-state index contributed by atoms with van der Waals surface area (Å²) in [5, 5.41) is 6.42. The maximum atomic E-state index is 11.8. The number of primary amides is 1. The predicted molar refractivity (Wildman–Crippen MR) is 69.3 cm³/mol. The molecule has 6 N–H and O–H groups in total. The maximum absolute atomic E-state index is 11.8. The Hall–Kier alpha value is -1.83.